The van der Waals surface area contributed by atoms with Gasteiger partial charge < -0.3 is 5.11 Å². The van der Waals surface area contributed by atoms with Crippen molar-refractivity contribution in [3.8, 4) is 0 Å². The van der Waals surface area contributed by atoms with E-state index in [9.17, 15) is 9.90 Å². The molecule has 0 amide bonds. The second-order valence-electron chi connectivity index (χ2n) is 5.00. The van der Waals surface area contributed by atoms with Crippen molar-refractivity contribution >= 4 is 5.78 Å². The normalized spacial score (nSPS) is 43.1. The SMILES string of the molecule is C[C@H]1CCCC2=CC(=O)[C@H](O)C[C@]21C. The fourth-order valence-electron chi connectivity index (χ4n) is 2.86. The maximum atomic E-state index is 11.4. The lowest BCUT2D eigenvalue weighted by Gasteiger charge is -2.45. The molecule has 78 valence electrons. The molecule has 0 radical (unpaired) electrons. The van der Waals surface area contributed by atoms with Gasteiger partial charge in [-0.15, -0.1) is 0 Å². The molecule has 1 N–H and O–H groups in total. The van der Waals surface area contributed by atoms with Crippen LogP contribution in [-0.2, 0) is 4.79 Å². The Kier molecular flexibility index (Phi) is 2.26. The first-order valence-electron chi connectivity index (χ1n) is 5.47. The summed E-state index contributed by atoms with van der Waals surface area (Å²) in [6.07, 6.45) is 5.01. The van der Waals surface area contributed by atoms with Crippen LogP contribution in [0.25, 0.3) is 0 Å². The fraction of sp³-hybridized carbons (Fsp3) is 0.750. The average molecular weight is 194 g/mol. The molecule has 2 rings (SSSR count). The Labute approximate surface area is 85.0 Å². The smallest absolute Gasteiger partial charge is 0.184 e. The second kappa shape index (κ2) is 3.20. The first-order valence-corrected chi connectivity index (χ1v) is 5.47. The van der Waals surface area contributed by atoms with Crippen LogP contribution in [0.15, 0.2) is 11.6 Å². The summed E-state index contributed by atoms with van der Waals surface area (Å²) in [6.45, 7) is 4.42. The van der Waals surface area contributed by atoms with E-state index in [1.807, 2.05) is 0 Å². The number of aliphatic hydroxyl groups is 1. The van der Waals surface area contributed by atoms with E-state index in [2.05, 4.69) is 13.8 Å². The molecule has 0 saturated heterocycles. The highest BCUT2D eigenvalue weighted by atomic mass is 16.3. The largest absolute Gasteiger partial charge is 0.385 e. The molecule has 1 fully saturated rings. The van der Waals surface area contributed by atoms with E-state index in [-0.39, 0.29) is 11.2 Å². The number of carbonyl (C=O) groups is 1. The first kappa shape index (κ1) is 9.91. The number of aliphatic hydroxyl groups excluding tert-OH is 1. The maximum Gasteiger partial charge on any atom is 0.184 e. The molecule has 1 saturated carbocycles. The molecule has 2 aliphatic rings. The van der Waals surface area contributed by atoms with Gasteiger partial charge in [0.05, 0.1) is 0 Å². The average Bonchev–Trinajstić information content (AvgIpc) is 2.11. The van der Waals surface area contributed by atoms with Crippen LogP contribution in [0.2, 0.25) is 0 Å². The van der Waals surface area contributed by atoms with Crippen molar-refractivity contribution in [2.45, 2.75) is 45.6 Å². The zero-order chi connectivity index (χ0) is 10.3. The van der Waals surface area contributed by atoms with Crippen LogP contribution < -0.4 is 0 Å². The lowest BCUT2D eigenvalue weighted by molar-refractivity contribution is -0.125. The van der Waals surface area contributed by atoms with Crippen LogP contribution in [0.3, 0.4) is 0 Å². The lowest BCUT2D eigenvalue weighted by atomic mass is 9.60. The van der Waals surface area contributed by atoms with Crippen LogP contribution in [0.1, 0.15) is 39.5 Å². The number of rotatable bonds is 0. The summed E-state index contributed by atoms with van der Waals surface area (Å²) in [5, 5.41) is 9.61. The van der Waals surface area contributed by atoms with E-state index in [1.54, 1.807) is 6.08 Å². The molecule has 0 spiro atoms. The minimum absolute atomic E-state index is 0.0750. The lowest BCUT2D eigenvalue weighted by Crippen LogP contribution is -2.41. The summed E-state index contributed by atoms with van der Waals surface area (Å²) in [5.74, 6) is 0.497. The van der Waals surface area contributed by atoms with Gasteiger partial charge in [0.25, 0.3) is 0 Å². The van der Waals surface area contributed by atoms with Crippen LogP contribution in [0, 0.1) is 11.3 Å². The van der Waals surface area contributed by atoms with Crippen molar-refractivity contribution in [2.24, 2.45) is 11.3 Å². The Bertz CT molecular complexity index is 293. The van der Waals surface area contributed by atoms with Gasteiger partial charge in [0, 0.05) is 0 Å². The van der Waals surface area contributed by atoms with E-state index in [1.165, 1.54) is 18.4 Å². The third-order valence-electron chi connectivity index (χ3n) is 4.17. The van der Waals surface area contributed by atoms with E-state index >= 15 is 0 Å². The van der Waals surface area contributed by atoms with Crippen molar-refractivity contribution in [1.82, 2.24) is 0 Å². The van der Waals surface area contributed by atoms with Gasteiger partial charge in [-0.1, -0.05) is 19.4 Å². The molecule has 0 aromatic heterocycles. The number of hydrogen-bond donors (Lipinski definition) is 1. The number of fused-ring (bicyclic) bond motifs is 1. The van der Waals surface area contributed by atoms with Gasteiger partial charge in [0.2, 0.25) is 0 Å². The Morgan fingerprint density at radius 3 is 3.00 bits per heavy atom. The molecular formula is C12H18O2. The molecule has 0 aromatic rings. The summed E-state index contributed by atoms with van der Waals surface area (Å²) in [5.41, 5.74) is 1.34. The van der Waals surface area contributed by atoms with Gasteiger partial charge in [-0.25, -0.2) is 0 Å². The van der Waals surface area contributed by atoms with Crippen LogP contribution in [0.4, 0.5) is 0 Å². The molecule has 3 atom stereocenters. The Hall–Kier alpha value is -0.630. The predicted molar refractivity (Wildman–Crippen MR) is 54.8 cm³/mol. The fourth-order valence-corrected chi connectivity index (χ4v) is 2.86. The third-order valence-corrected chi connectivity index (χ3v) is 4.17. The summed E-state index contributed by atoms with van der Waals surface area (Å²) >= 11 is 0. The number of ketones is 1. The molecule has 0 unspecified atom stereocenters. The van der Waals surface area contributed by atoms with Gasteiger partial charge in [-0.2, -0.15) is 0 Å². The Morgan fingerprint density at radius 1 is 1.57 bits per heavy atom. The Morgan fingerprint density at radius 2 is 2.29 bits per heavy atom. The molecule has 0 aliphatic heterocycles. The van der Waals surface area contributed by atoms with Crippen molar-refractivity contribution in [3.05, 3.63) is 11.6 Å². The zero-order valence-electron chi connectivity index (χ0n) is 8.92. The molecule has 2 nitrogen and oxygen atoms in total. The zero-order valence-corrected chi connectivity index (χ0v) is 8.92. The molecule has 2 heteroatoms. The highest BCUT2D eigenvalue weighted by Crippen LogP contribution is 2.49. The minimum Gasteiger partial charge on any atom is -0.385 e. The van der Waals surface area contributed by atoms with E-state index in [0.717, 1.165) is 6.42 Å². The summed E-state index contributed by atoms with van der Waals surface area (Å²) in [4.78, 5) is 11.4. The number of carbonyl (C=O) groups excluding carboxylic acids is 1. The van der Waals surface area contributed by atoms with Gasteiger partial charge in [-0.3, -0.25) is 4.79 Å². The highest BCUT2D eigenvalue weighted by Gasteiger charge is 2.43. The van der Waals surface area contributed by atoms with E-state index in [4.69, 9.17) is 0 Å². The number of allylic oxidation sites excluding steroid dienone is 1. The maximum absolute atomic E-state index is 11.4. The summed E-state index contributed by atoms with van der Waals surface area (Å²) in [6, 6.07) is 0. The topological polar surface area (TPSA) is 37.3 Å². The molecule has 2 aliphatic carbocycles. The molecule has 0 bridgehead atoms. The van der Waals surface area contributed by atoms with Crippen LogP contribution in [-0.4, -0.2) is 17.0 Å². The van der Waals surface area contributed by atoms with Crippen molar-refractivity contribution < 1.29 is 9.90 Å². The Balaban J connectivity index is 2.37. The van der Waals surface area contributed by atoms with Gasteiger partial charge in [-0.05, 0) is 43.1 Å². The molecule has 0 heterocycles. The second-order valence-corrected chi connectivity index (χ2v) is 5.00. The minimum atomic E-state index is -0.760. The monoisotopic (exact) mass is 194 g/mol. The van der Waals surface area contributed by atoms with Gasteiger partial charge in [0.1, 0.15) is 6.10 Å². The summed E-state index contributed by atoms with van der Waals surface area (Å²) in [7, 11) is 0. The third kappa shape index (κ3) is 1.33. The van der Waals surface area contributed by atoms with Gasteiger partial charge >= 0.3 is 0 Å². The number of hydrogen-bond acceptors (Lipinski definition) is 2. The van der Waals surface area contributed by atoms with Crippen LogP contribution in [0.5, 0.6) is 0 Å². The van der Waals surface area contributed by atoms with Crippen LogP contribution >= 0.6 is 0 Å². The van der Waals surface area contributed by atoms with Crippen molar-refractivity contribution in [1.29, 1.82) is 0 Å². The predicted octanol–water partition coefficient (Wildman–Crippen LogP) is 2.07. The van der Waals surface area contributed by atoms with Crippen molar-refractivity contribution in [2.75, 3.05) is 0 Å². The van der Waals surface area contributed by atoms with Crippen molar-refractivity contribution in [3.63, 3.8) is 0 Å². The highest BCUT2D eigenvalue weighted by molar-refractivity contribution is 5.95. The molecule has 14 heavy (non-hydrogen) atoms. The summed E-state index contributed by atoms with van der Waals surface area (Å²) < 4.78 is 0. The molecular weight excluding hydrogens is 176 g/mol. The van der Waals surface area contributed by atoms with Gasteiger partial charge in [0.15, 0.2) is 5.78 Å². The standard InChI is InChI=1S/C12H18O2/c1-8-4-3-5-9-6-10(13)11(14)7-12(8,9)2/h6,8,11,14H,3-5,7H2,1-2H3/t8-,11+,12-/m0/s1. The first-order chi connectivity index (χ1) is 6.54. The quantitative estimate of drug-likeness (QED) is 0.641. The van der Waals surface area contributed by atoms with E-state index < -0.39 is 6.10 Å². The van der Waals surface area contributed by atoms with E-state index in [0.29, 0.717) is 12.3 Å². The molecule has 0 aromatic carbocycles.